The van der Waals surface area contributed by atoms with Crippen LogP contribution in [0.25, 0.3) is 0 Å². The molecule has 0 amide bonds. The van der Waals surface area contributed by atoms with E-state index >= 15 is 0 Å². The molecule has 0 saturated heterocycles. The molecule has 0 spiro atoms. The van der Waals surface area contributed by atoms with Crippen molar-refractivity contribution in [3.63, 3.8) is 0 Å². The fraction of sp³-hybridized carbons (Fsp3) is 0.308. The Morgan fingerprint density at radius 3 is 1.91 bits per heavy atom. The second-order valence-corrected chi connectivity index (χ2v) is 10.3. The highest BCUT2D eigenvalue weighted by atomic mass is 31.2. The number of ether oxygens (including phenoxy) is 2. The van der Waals surface area contributed by atoms with Gasteiger partial charge in [-0.25, -0.2) is 4.67 Å². The average molecular weight is 485 g/mol. The first-order valence-corrected chi connectivity index (χ1v) is 12.7. The maximum atomic E-state index is 14.8. The normalized spacial score (nSPS) is 14.4. The Labute approximate surface area is 201 Å². The summed E-state index contributed by atoms with van der Waals surface area (Å²) in [5.41, 5.74) is 0.595. The molecule has 34 heavy (non-hydrogen) atoms. The van der Waals surface area contributed by atoms with Gasteiger partial charge in [0.05, 0.1) is 14.2 Å². The summed E-state index contributed by atoms with van der Waals surface area (Å²) in [6.07, 6.45) is 3.50. The van der Waals surface area contributed by atoms with Crippen molar-refractivity contribution >= 4 is 19.4 Å². The van der Waals surface area contributed by atoms with Crippen LogP contribution < -0.4 is 5.09 Å². The van der Waals surface area contributed by atoms with Crippen LogP contribution in [0.1, 0.15) is 11.1 Å². The van der Waals surface area contributed by atoms with Crippen LogP contribution in [0.2, 0.25) is 0 Å². The number of esters is 2. The number of rotatable bonds is 14. The van der Waals surface area contributed by atoms with Gasteiger partial charge < -0.3 is 9.47 Å². The van der Waals surface area contributed by atoms with E-state index in [9.17, 15) is 14.2 Å². The van der Waals surface area contributed by atoms with Crippen LogP contribution in [0.4, 0.5) is 0 Å². The summed E-state index contributed by atoms with van der Waals surface area (Å²) >= 11 is 0. The number of hydrogen-bond acceptors (Lipinski definition) is 5. The molecule has 8 heteroatoms. The Morgan fingerprint density at radius 2 is 1.44 bits per heavy atom. The van der Waals surface area contributed by atoms with Gasteiger partial charge >= 0.3 is 11.9 Å². The lowest BCUT2D eigenvalue weighted by Gasteiger charge is -2.39. The van der Waals surface area contributed by atoms with Crippen molar-refractivity contribution in [2.45, 2.75) is 24.5 Å². The summed E-state index contributed by atoms with van der Waals surface area (Å²) in [6, 6.07) is 17.7. The minimum absolute atomic E-state index is 0.0797. The van der Waals surface area contributed by atoms with Crippen LogP contribution in [0.15, 0.2) is 86.0 Å². The quantitative estimate of drug-likeness (QED) is 0.246. The van der Waals surface area contributed by atoms with Gasteiger partial charge in [-0.15, -0.1) is 13.2 Å². The maximum absolute atomic E-state index is 14.8. The molecule has 2 aromatic rings. The molecule has 0 saturated carbocycles. The lowest BCUT2D eigenvalue weighted by atomic mass is 10.1. The molecule has 0 aromatic heterocycles. The SMILES string of the molecule is C=CCNP(=O)([C@@H](Cc1ccccc1)C(=O)OC)N(CC=C)[C@@H](Cc1ccccc1)C(=O)OC. The summed E-state index contributed by atoms with van der Waals surface area (Å²) in [7, 11) is -1.26. The molecule has 1 unspecified atom stereocenters. The average Bonchev–Trinajstić information content (AvgIpc) is 2.88. The van der Waals surface area contributed by atoms with E-state index in [4.69, 9.17) is 9.47 Å². The molecule has 3 atom stereocenters. The van der Waals surface area contributed by atoms with Crippen LogP contribution in [0.3, 0.4) is 0 Å². The summed E-state index contributed by atoms with van der Waals surface area (Å²) in [5, 5.41) is 3.02. The van der Waals surface area contributed by atoms with Gasteiger partial charge in [0.1, 0.15) is 11.7 Å². The summed E-state index contributed by atoms with van der Waals surface area (Å²) in [6.45, 7) is 7.75. The molecular formula is C26H33N2O5P. The van der Waals surface area contributed by atoms with Crippen LogP contribution in [-0.4, -0.2) is 55.6 Å². The zero-order valence-corrected chi connectivity index (χ0v) is 20.7. The summed E-state index contributed by atoms with van der Waals surface area (Å²) < 4.78 is 26.5. The number of benzene rings is 2. The molecule has 2 rings (SSSR count). The summed E-state index contributed by atoms with van der Waals surface area (Å²) in [5.74, 6) is -1.20. The largest absolute Gasteiger partial charge is 0.468 e. The van der Waals surface area contributed by atoms with Crippen molar-refractivity contribution in [1.82, 2.24) is 9.76 Å². The Kier molecular flexibility index (Phi) is 10.9. The number of methoxy groups -OCH3 is 2. The van der Waals surface area contributed by atoms with Gasteiger partial charge in [0.25, 0.3) is 0 Å². The minimum Gasteiger partial charge on any atom is -0.468 e. The molecular weight excluding hydrogens is 451 g/mol. The van der Waals surface area contributed by atoms with Crippen LogP contribution in [0, 0.1) is 0 Å². The molecule has 7 nitrogen and oxygen atoms in total. The van der Waals surface area contributed by atoms with E-state index < -0.39 is 31.1 Å². The number of nitrogens with zero attached hydrogens (tertiary/aromatic N) is 1. The van der Waals surface area contributed by atoms with Gasteiger partial charge in [0.15, 0.2) is 0 Å². The molecule has 0 aliphatic carbocycles. The zero-order valence-electron chi connectivity index (χ0n) is 19.8. The van der Waals surface area contributed by atoms with Gasteiger partial charge in [0, 0.05) is 13.1 Å². The van der Waals surface area contributed by atoms with Crippen molar-refractivity contribution in [3.8, 4) is 0 Å². The Morgan fingerprint density at radius 1 is 0.912 bits per heavy atom. The van der Waals surface area contributed by atoms with Crippen molar-refractivity contribution in [3.05, 3.63) is 97.1 Å². The van der Waals surface area contributed by atoms with E-state index in [2.05, 4.69) is 18.2 Å². The fourth-order valence-electron chi connectivity index (χ4n) is 3.77. The summed E-state index contributed by atoms with van der Waals surface area (Å²) in [4.78, 5) is 26.0. The highest BCUT2D eigenvalue weighted by molar-refractivity contribution is 7.61. The van der Waals surface area contributed by atoms with Gasteiger partial charge in [-0.05, 0) is 24.0 Å². The smallest absolute Gasteiger partial charge is 0.323 e. The number of carbonyl (C=O) groups excluding carboxylic acids is 2. The van der Waals surface area contributed by atoms with Crippen molar-refractivity contribution in [1.29, 1.82) is 0 Å². The van der Waals surface area contributed by atoms with Crippen molar-refractivity contribution < 1.29 is 23.6 Å². The molecule has 2 aromatic carbocycles. The first-order chi connectivity index (χ1) is 16.4. The zero-order chi connectivity index (χ0) is 25.0. The van der Waals surface area contributed by atoms with Gasteiger partial charge in [-0.2, -0.15) is 0 Å². The Hall–Kier alpha value is -2.99. The Bertz CT molecular complexity index is 997. The lowest BCUT2D eigenvalue weighted by molar-refractivity contribution is -0.145. The molecule has 0 aliphatic heterocycles. The van der Waals surface area contributed by atoms with E-state index in [-0.39, 0.29) is 25.9 Å². The van der Waals surface area contributed by atoms with Crippen molar-refractivity contribution in [2.24, 2.45) is 0 Å². The van der Waals surface area contributed by atoms with Gasteiger partial charge in [-0.3, -0.25) is 19.2 Å². The highest BCUT2D eigenvalue weighted by Crippen LogP contribution is 2.53. The Balaban J connectivity index is 2.63. The minimum atomic E-state index is -3.81. The first kappa shape index (κ1) is 27.3. The third-order valence-corrected chi connectivity index (χ3v) is 8.51. The topological polar surface area (TPSA) is 84.9 Å². The van der Waals surface area contributed by atoms with Gasteiger partial charge in [-0.1, -0.05) is 72.8 Å². The van der Waals surface area contributed by atoms with E-state index in [1.807, 2.05) is 60.7 Å². The number of nitrogens with one attached hydrogen (secondary N) is 1. The first-order valence-electron chi connectivity index (χ1n) is 11.0. The number of carbonyl (C=O) groups is 2. The highest BCUT2D eigenvalue weighted by Gasteiger charge is 2.48. The molecule has 0 fully saturated rings. The molecule has 0 radical (unpaired) electrons. The molecule has 1 N–H and O–H groups in total. The predicted molar refractivity (Wildman–Crippen MR) is 135 cm³/mol. The third kappa shape index (κ3) is 7.00. The maximum Gasteiger partial charge on any atom is 0.323 e. The van der Waals surface area contributed by atoms with E-state index in [0.717, 1.165) is 11.1 Å². The molecule has 0 heterocycles. The number of hydrogen-bond donors (Lipinski definition) is 1. The second-order valence-electron chi connectivity index (χ2n) is 7.64. The predicted octanol–water partition coefficient (Wildman–Crippen LogP) is 4.01. The third-order valence-electron chi connectivity index (χ3n) is 5.43. The van der Waals surface area contributed by atoms with Crippen molar-refractivity contribution in [2.75, 3.05) is 27.3 Å². The molecule has 0 bridgehead atoms. The molecule has 182 valence electrons. The fourth-order valence-corrected chi connectivity index (χ4v) is 6.72. The molecule has 0 aliphatic rings. The second kappa shape index (κ2) is 13.7. The lowest BCUT2D eigenvalue weighted by Crippen LogP contribution is -2.48. The van der Waals surface area contributed by atoms with E-state index in [0.29, 0.717) is 0 Å². The van der Waals surface area contributed by atoms with E-state index in [1.54, 1.807) is 12.2 Å². The standard InChI is InChI=1S/C26H33N2O5P/c1-5-17-27-34(31,24(26(30)33-4)20-22-15-11-8-12-16-22)28(18-6-2)23(25(29)32-3)19-21-13-9-7-10-14-21/h5-16,23-24H,1-2,17-20H2,3-4H3,(H,27,31)/t23-,24-,34?/m0/s1. The van der Waals surface area contributed by atoms with Crippen LogP contribution in [0.5, 0.6) is 0 Å². The van der Waals surface area contributed by atoms with Crippen LogP contribution in [-0.2, 0) is 36.5 Å². The van der Waals surface area contributed by atoms with Gasteiger partial charge in [0.2, 0.25) is 7.44 Å². The van der Waals surface area contributed by atoms with Crippen LogP contribution >= 0.6 is 7.44 Å². The van der Waals surface area contributed by atoms with E-state index in [1.165, 1.54) is 18.9 Å². The monoisotopic (exact) mass is 484 g/mol.